The summed E-state index contributed by atoms with van der Waals surface area (Å²) in [4.78, 5) is 11.7. The SMILES string of the molecule is CCN[C@H](C)C(=O)c1ccc(Cl)cc1. The lowest BCUT2D eigenvalue weighted by molar-refractivity contribution is 0.0952. The van der Waals surface area contributed by atoms with Gasteiger partial charge in [0.05, 0.1) is 6.04 Å². The maximum absolute atomic E-state index is 11.7. The number of benzene rings is 1. The quantitative estimate of drug-likeness (QED) is 0.776. The molecule has 14 heavy (non-hydrogen) atoms. The monoisotopic (exact) mass is 211 g/mol. The molecule has 1 aromatic rings. The molecule has 1 N–H and O–H groups in total. The Morgan fingerprint density at radius 3 is 2.50 bits per heavy atom. The molecule has 0 heterocycles. The number of likely N-dealkylation sites (N-methyl/N-ethyl adjacent to an activating group) is 1. The van der Waals surface area contributed by atoms with Crippen LogP contribution < -0.4 is 5.32 Å². The van der Waals surface area contributed by atoms with Gasteiger partial charge in [0.1, 0.15) is 0 Å². The van der Waals surface area contributed by atoms with Gasteiger partial charge in [-0.25, -0.2) is 0 Å². The van der Waals surface area contributed by atoms with Crippen LogP contribution in [0.4, 0.5) is 0 Å². The molecule has 1 aromatic carbocycles. The van der Waals surface area contributed by atoms with Crippen molar-refractivity contribution in [1.29, 1.82) is 0 Å². The fourth-order valence-corrected chi connectivity index (χ4v) is 1.39. The van der Waals surface area contributed by atoms with E-state index in [0.29, 0.717) is 10.6 Å². The molecule has 2 nitrogen and oxygen atoms in total. The summed E-state index contributed by atoms with van der Waals surface area (Å²) < 4.78 is 0. The molecule has 0 amide bonds. The molecule has 0 radical (unpaired) electrons. The van der Waals surface area contributed by atoms with Crippen LogP contribution in [0.5, 0.6) is 0 Å². The van der Waals surface area contributed by atoms with E-state index in [2.05, 4.69) is 5.32 Å². The highest BCUT2D eigenvalue weighted by Crippen LogP contribution is 2.11. The number of hydrogen-bond acceptors (Lipinski definition) is 2. The number of rotatable bonds is 4. The maximum Gasteiger partial charge on any atom is 0.179 e. The van der Waals surface area contributed by atoms with Crippen molar-refractivity contribution in [2.75, 3.05) is 6.54 Å². The summed E-state index contributed by atoms with van der Waals surface area (Å²) in [6, 6.07) is 6.82. The molecule has 0 saturated heterocycles. The van der Waals surface area contributed by atoms with Crippen LogP contribution in [0.15, 0.2) is 24.3 Å². The van der Waals surface area contributed by atoms with Crippen molar-refractivity contribution in [3.05, 3.63) is 34.9 Å². The van der Waals surface area contributed by atoms with Crippen molar-refractivity contribution in [3.8, 4) is 0 Å². The summed E-state index contributed by atoms with van der Waals surface area (Å²) in [5.41, 5.74) is 0.697. The van der Waals surface area contributed by atoms with Crippen LogP contribution in [0.1, 0.15) is 24.2 Å². The first-order valence-corrected chi connectivity index (χ1v) is 5.06. The first-order chi connectivity index (χ1) is 6.65. The van der Waals surface area contributed by atoms with E-state index >= 15 is 0 Å². The average Bonchev–Trinajstić information content (AvgIpc) is 2.18. The van der Waals surface area contributed by atoms with Crippen molar-refractivity contribution in [3.63, 3.8) is 0 Å². The third-order valence-electron chi connectivity index (χ3n) is 2.03. The van der Waals surface area contributed by atoms with Crippen LogP contribution >= 0.6 is 11.6 Å². The first-order valence-electron chi connectivity index (χ1n) is 4.68. The lowest BCUT2D eigenvalue weighted by Gasteiger charge is -2.10. The van der Waals surface area contributed by atoms with Crippen LogP contribution in [0, 0.1) is 0 Å². The minimum absolute atomic E-state index is 0.100. The minimum Gasteiger partial charge on any atom is -0.308 e. The first kappa shape index (κ1) is 11.2. The van der Waals surface area contributed by atoms with Gasteiger partial charge in [-0.2, -0.15) is 0 Å². The molecular formula is C11H14ClNO. The van der Waals surface area contributed by atoms with Gasteiger partial charge in [-0.3, -0.25) is 4.79 Å². The zero-order valence-corrected chi connectivity index (χ0v) is 9.14. The second kappa shape index (κ2) is 5.13. The lowest BCUT2D eigenvalue weighted by Crippen LogP contribution is -2.33. The summed E-state index contributed by atoms with van der Waals surface area (Å²) in [7, 11) is 0. The Kier molecular flexibility index (Phi) is 4.11. The third kappa shape index (κ3) is 2.82. The van der Waals surface area contributed by atoms with Crippen molar-refractivity contribution < 1.29 is 4.79 Å². The predicted octanol–water partition coefficient (Wildman–Crippen LogP) is 2.52. The highest BCUT2D eigenvalue weighted by atomic mass is 35.5. The molecule has 1 rings (SSSR count). The minimum atomic E-state index is -0.138. The van der Waals surface area contributed by atoms with Gasteiger partial charge >= 0.3 is 0 Å². The molecule has 0 unspecified atom stereocenters. The van der Waals surface area contributed by atoms with Gasteiger partial charge in [-0.05, 0) is 37.7 Å². The molecule has 1 atom stereocenters. The largest absolute Gasteiger partial charge is 0.308 e. The summed E-state index contributed by atoms with van der Waals surface area (Å²) in [5.74, 6) is 0.100. The highest BCUT2D eigenvalue weighted by molar-refractivity contribution is 6.30. The Bertz CT molecular complexity index is 308. The van der Waals surface area contributed by atoms with E-state index in [9.17, 15) is 4.79 Å². The van der Waals surface area contributed by atoms with Crippen LogP contribution in [-0.2, 0) is 0 Å². The van der Waals surface area contributed by atoms with E-state index in [-0.39, 0.29) is 11.8 Å². The van der Waals surface area contributed by atoms with E-state index in [1.165, 1.54) is 0 Å². The van der Waals surface area contributed by atoms with Crippen LogP contribution in [-0.4, -0.2) is 18.4 Å². The topological polar surface area (TPSA) is 29.1 Å². The van der Waals surface area contributed by atoms with Crippen molar-refractivity contribution in [2.24, 2.45) is 0 Å². The van der Waals surface area contributed by atoms with Gasteiger partial charge in [-0.15, -0.1) is 0 Å². The summed E-state index contributed by atoms with van der Waals surface area (Å²) in [5, 5.41) is 3.73. The number of carbonyl (C=O) groups is 1. The Hall–Kier alpha value is -0.860. The van der Waals surface area contributed by atoms with Crippen LogP contribution in [0.25, 0.3) is 0 Å². The highest BCUT2D eigenvalue weighted by Gasteiger charge is 2.12. The Morgan fingerprint density at radius 2 is 2.00 bits per heavy atom. The summed E-state index contributed by atoms with van der Waals surface area (Å²) in [6.45, 7) is 4.63. The predicted molar refractivity (Wildman–Crippen MR) is 58.9 cm³/mol. The van der Waals surface area contributed by atoms with Crippen molar-refractivity contribution in [2.45, 2.75) is 19.9 Å². The third-order valence-corrected chi connectivity index (χ3v) is 2.28. The molecule has 0 aromatic heterocycles. The molecule has 0 saturated carbocycles. The maximum atomic E-state index is 11.7. The number of nitrogens with one attached hydrogen (secondary N) is 1. The van der Waals surface area contributed by atoms with E-state index < -0.39 is 0 Å². The zero-order chi connectivity index (χ0) is 10.6. The summed E-state index contributed by atoms with van der Waals surface area (Å²) in [6.07, 6.45) is 0. The number of hydrogen-bond donors (Lipinski definition) is 1. The smallest absolute Gasteiger partial charge is 0.179 e. The van der Waals surface area contributed by atoms with E-state index in [4.69, 9.17) is 11.6 Å². The number of halogens is 1. The van der Waals surface area contributed by atoms with Gasteiger partial charge in [0.25, 0.3) is 0 Å². The van der Waals surface area contributed by atoms with Gasteiger partial charge in [0.2, 0.25) is 0 Å². The second-order valence-electron chi connectivity index (χ2n) is 3.15. The van der Waals surface area contributed by atoms with Crippen LogP contribution in [0.3, 0.4) is 0 Å². The standard InChI is InChI=1S/C11H14ClNO/c1-3-13-8(2)11(14)9-4-6-10(12)7-5-9/h4-8,13H,3H2,1-2H3/t8-/m1/s1. The summed E-state index contributed by atoms with van der Waals surface area (Å²) >= 11 is 5.73. The molecule has 3 heteroatoms. The fraction of sp³-hybridized carbons (Fsp3) is 0.364. The Balaban J connectivity index is 2.74. The molecule has 0 spiro atoms. The number of Topliss-reactive ketones (excluding diaryl/α,β-unsaturated/α-hetero) is 1. The number of ketones is 1. The van der Waals surface area contributed by atoms with Gasteiger partial charge in [0, 0.05) is 10.6 Å². The number of carbonyl (C=O) groups excluding carboxylic acids is 1. The van der Waals surface area contributed by atoms with Gasteiger partial charge in [-0.1, -0.05) is 18.5 Å². The molecule has 0 fully saturated rings. The van der Waals surface area contributed by atoms with Gasteiger partial charge < -0.3 is 5.32 Å². The van der Waals surface area contributed by atoms with E-state index in [1.807, 2.05) is 13.8 Å². The van der Waals surface area contributed by atoms with Gasteiger partial charge in [0.15, 0.2) is 5.78 Å². The lowest BCUT2D eigenvalue weighted by atomic mass is 10.1. The van der Waals surface area contributed by atoms with E-state index in [1.54, 1.807) is 24.3 Å². The van der Waals surface area contributed by atoms with Crippen molar-refractivity contribution in [1.82, 2.24) is 5.32 Å². The Morgan fingerprint density at radius 1 is 1.43 bits per heavy atom. The molecular weight excluding hydrogens is 198 g/mol. The molecule has 0 aliphatic rings. The zero-order valence-electron chi connectivity index (χ0n) is 8.38. The van der Waals surface area contributed by atoms with Crippen LogP contribution in [0.2, 0.25) is 5.02 Å². The Labute approximate surface area is 89.3 Å². The van der Waals surface area contributed by atoms with E-state index in [0.717, 1.165) is 6.54 Å². The van der Waals surface area contributed by atoms with Crippen molar-refractivity contribution >= 4 is 17.4 Å². The second-order valence-corrected chi connectivity index (χ2v) is 3.59. The molecule has 76 valence electrons. The molecule has 0 aliphatic carbocycles. The molecule has 0 bridgehead atoms. The fourth-order valence-electron chi connectivity index (χ4n) is 1.26. The normalized spacial score (nSPS) is 12.5. The average molecular weight is 212 g/mol. The molecule has 0 aliphatic heterocycles.